The second kappa shape index (κ2) is 6.92. The molecule has 0 spiro atoms. The topological polar surface area (TPSA) is 79.8 Å². The van der Waals surface area contributed by atoms with Crippen molar-refractivity contribution in [3.63, 3.8) is 0 Å². The summed E-state index contributed by atoms with van der Waals surface area (Å²) in [7, 11) is 1.61. The second-order valence-corrected chi connectivity index (χ2v) is 6.50. The number of aromatic amines is 1. The molecule has 0 aliphatic carbocycles. The van der Waals surface area contributed by atoms with Crippen LogP contribution in [0.15, 0.2) is 52.4 Å². The monoisotopic (exact) mass is 342 g/mol. The molecule has 0 saturated carbocycles. The van der Waals surface area contributed by atoms with Crippen LogP contribution in [-0.4, -0.2) is 26.4 Å². The highest BCUT2D eigenvalue weighted by Crippen LogP contribution is 2.20. The van der Waals surface area contributed by atoms with E-state index in [1.54, 1.807) is 7.05 Å². The minimum Gasteiger partial charge on any atom is -0.349 e. The van der Waals surface area contributed by atoms with Crippen molar-refractivity contribution in [2.75, 3.05) is 5.75 Å². The molecule has 0 saturated heterocycles. The van der Waals surface area contributed by atoms with Crippen LogP contribution < -0.4 is 11.0 Å². The van der Waals surface area contributed by atoms with Gasteiger partial charge in [-0.15, -0.1) is 5.10 Å². The van der Waals surface area contributed by atoms with Gasteiger partial charge in [-0.3, -0.25) is 9.36 Å². The van der Waals surface area contributed by atoms with Crippen LogP contribution in [0.3, 0.4) is 0 Å². The van der Waals surface area contributed by atoms with Gasteiger partial charge in [-0.1, -0.05) is 48.2 Å². The van der Waals surface area contributed by atoms with Gasteiger partial charge in [-0.25, -0.2) is 9.89 Å². The Morgan fingerprint density at radius 1 is 1.29 bits per heavy atom. The third-order valence-electron chi connectivity index (χ3n) is 3.82. The van der Waals surface area contributed by atoms with Gasteiger partial charge in [0.05, 0.1) is 11.8 Å². The molecule has 0 fully saturated rings. The van der Waals surface area contributed by atoms with E-state index in [-0.39, 0.29) is 23.4 Å². The number of rotatable bonds is 5. The van der Waals surface area contributed by atoms with E-state index >= 15 is 0 Å². The van der Waals surface area contributed by atoms with Crippen LogP contribution in [0, 0.1) is 0 Å². The van der Waals surface area contributed by atoms with Crippen LogP contribution in [0.25, 0.3) is 10.8 Å². The summed E-state index contributed by atoms with van der Waals surface area (Å²) in [6.07, 6.45) is 0. The molecule has 6 nitrogen and oxygen atoms in total. The van der Waals surface area contributed by atoms with Crippen molar-refractivity contribution in [2.24, 2.45) is 7.05 Å². The molecule has 7 heteroatoms. The molecule has 124 valence electrons. The zero-order valence-corrected chi connectivity index (χ0v) is 14.3. The molecule has 1 heterocycles. The van der Waals surface area contributed by atoms with Crippen LogP contribution in [-0.2, 0) is 11.8 Å². The van der Waals surface area contributed by atoms with E-state index in [2.05, 4.69) is 39.8 Å². The molecule has 3 aromatic rings. The second-order valence-electron chi connectivity index (χ2n) is 5.55. The number of nitrogens with one attached hydrogen (secondary N) is 2. The van der Waals surface area contributed by atoms with Gasteiger partial charge in [-0.2, -0.15) is 0 Å². The average Bonchev–Trinajstić information content (AvgIpc) is 2.91. The van der Waals surface area contributed by atoms with Gasteiger partial charge >= 0.3 is 5.69 Å². The van der Waals surface area contributed by atoms with E-state index in [0.29, 0.717) is 5.16 Å². The number of hydrogen-bond donors (Lipinski definition) is 2. The zero-order valence-electron chi connectivity index (χ0n) is 13.4. The summed E-state index contributed by atoms with van der Waals surface area (Å²) in [5, 5.41) is 12.0. The molecule has 2 aromatic carbocycles. The molecule has 0 aliphatic heterocycles. The van der Waals surface area contributed by atoms with E-state index in [0.717, 1.165) is 10.9 Å². The summed E-state index contributed by atoms with van der Waals surface area (Å²) < 4.78 is 1.38. The first-order chi connectivity index (χ1) is 11.5. The van der Waals surface area contributed by atoms with Crippen LogP contribution in [0.1, 0.15) is 18.5 Å². The molecule has 1 aromatic heterocycles. The van der Waals surface area contributed by atoms with E-state index in [1.165, 1.54) is 21.7 Å². The Morgan fingerprint density at radius 3 is 2.75 bits per heavy atom. The number of thioether (sulfide) groups is 1. The highest BCUT2D eigenvalue weighted by molar-refractivity contribution is 7.99. The molecular formula is C17H18N4O2S. The van der Waals surface area contributed by atoms with Gasteiger partial charge in [-0.05, 0) is 29.3 Å². The van der Waals surface area contributed by atoms with E-state index < -0.39 is 0 Å². The predicted molar refractivity (Wildman–Crippen MR) is 95.1 cm³/mol. The molecule has 1 unspecified atom stereocenters. The van der Waals surface area contributed by atoms with Crippen molar-refractivity contribution in [3.05, 3.63) is 58.5 Å². The molecule has 0 bridgehead atoms. The summed E-state index contributed by atoms with van der Waals surface area (Å²) >= 11 is 1.22. The molecule has 24 heavy (non-hydrogen) atoms. The lowest BCUT2D eigenvalue weighted by Crippen LogP contribution is -2.28. The van der Waals surface area contributed by atoms with Gasteiger partial charge in [0.15, 0.2) is 5.16 Å². The van der Waals surface area contributed by atoms with Crippen molar-refractivity contribution in [1.29, 1.82) is 0 Å². The number of benzene rings is 2. The average molecular weight is 342 g/mol. The highest BCUT2D eigenvalue weighted by atomic mass is 32.2. The lowest BCUT2D eigenvalue weighted by molar-refractivity contribution is -0.119. The van der Waals surface area contributed by atoms with Gasteiger partial charge < -0.3 is 5.32 Å². The standard InChI is InChI=1S/C17H18N4O2S/c1-11(13-8-7-12-5-3-4-6-14(12)9-13)18-15(22)10-24-17-20-19-16(23)21(17)2/h3-9,11H,10H2,1-2H3,(H,18,22)(H,19,23). The van der Waals surface area contributed by atoms with Crippen molar-refractivity contribution >= 4 is 28.4 Å². The molecule has 2 N–H and O–H groups in total. The number of amides is 1. The number of hydrogen-bond acceptors (Lipinski definition) is 4. The lowest BCUT2D eigenvalue weighted by atomic mass is 10.0. The SMILES string of the molecule is CC(NC(=O)CSc1n[nH]c(=O)n1C)c1ccc2ccccc2c1. The van der Waals surface area contributed by atoms with Gasteiger partial charge in [0.2, 0.25) is 5.91 Å². The number of nitrogens with zero attached hydrogens (tertiary/aromatic N) is 2. The molecule has 0 radical (unpaired) electrons. The number of H-pyrrole nitrogens is 1. The Labute approximate surface area is 143 Å². The highest BCUT2D eigenvalue weighted by Gasteiger charge is 2.12. The van der Waals surface area contributed by atoms with Crippen molar-refractivity contribution in [2.45, 2.75) is 18.1 Å². The Morgan fingerprint density at radius 2 is 2.04 bits per heavy atom. The third-order valence-corrected chi connectivity index (χ3v) is 4.85. The molecule has 3 rings (SSSR count). The minimum absolute atomic E-state index is 0.0919. The number of fused-ring (bicyclic) bond motifs is 1. The normalized spacial score (nSPS) is 12.2. The Balaban J connectivity index is 1.62. The minimum atomic E-state index is -0.289. The maximum Gasteiger partial charge on any atom is 0.343 e. The third kappa shape index (κ3) is 3.51. The first-order valence-corrected chi connectivity index (χ1v) is 8.55. The number of carbonyl (C=O) groups excluding carboxylic acids is 1. The zero-order chi connectivity index (χ0) is 17.1. The quantitative estimate of drug-likeness (QED) is 0.697. The fourth-order valence-corrected chi connectivity index (χ4v) is 3.17. The van der Waals surface area contributed by atoms with Crippen LogP contribution >= 0.6 is 11.8 Å². The van der Waals surface area contributed by atoms with Crippen molar-refractivity contribution < 1.29 is 4.79 Å². The summed E-state index contributed by atoms with van der Waals surface area (Å²) in [6, 6.07) is 14.2. The van der Waals surface area contributed by atoms with Gasteiger partial charge in [0.1, 0.15) is 0 Å². The summed E-state index contributed by atoms with van der Waals surface area (Å²) in [5.74, 6) is 0.104. The van der Waals surface area contributed by atoms with E-state index in [9.17, 15) is 9.59 Å². The molecule has 0 aliphatic rings. The van der Waals surface area contributed by atoms with Crippen LogP contribution in [0.5, 0.6) is 0 Å². The van der Waals surface area contributed by atoms with Crippen molar-refractivity contribution in [1.82, 2.24) is 20.1 Å². The predicted octanol–water partition coefficient (Wildman–Crippen LogP) is 2.23. The molecular weight excluding hydrogens is 324 g/mol. The first kappa shape index (κ1) is 16.3. The van der Waals surface area contributed by atoms with Crippen LogP contribution in [0.4, 0.5) is 0 Å². The Hall–Kier alpha value is -2.54. The van der Waals surface area contributed by atoms with Gasteiger partial charge in [0.25, 0.3) is 0 Å². The summed E-state index contributed by atoms with van der Waals surface area (Å²) in [4.78, 5) is 23.4. The Bertz CT molecular complexity index is 931. The van der Waals surface area contributed by atoms with Crippen LogP contribution in [0.2, 0.25) is 0 Å². The maximum absolute atomic E-state index is 12.1. The fraction of sp³-hybridized carbons (Fsp3) is 0.235. The Kier molecular flexibility index (Phi) is 4.71. The summed E-state index contributed by atoms with van der Waals surface area (Å²) in [6.45, 7) is 1.96. The lowest BCUT2D eigenvalue weighted by Gasteiger charge is -2.15. The van der Waals surface area contributed by atoms with Gasteiger partial charge in [0, 0.05) is 7.05 Å². The smallest absolute Gasteiger partial charge is 0.343 e. The number of aromatic nitrogens is 3. The van der Waals surface area contributed by atoms with E-state index in [1.807, 2.05) is 25.1 Å². The number of carbonyl (C=O) groups is 1. The molecule has 1 atom stereocenters. The van der Waals surface area contributed by atoms with E-state index in [4.69, 9.17) is 0 Å². The molecule has 1 amide bonds. The maximum atomic E-state index is 12.1. The van der Waals surface area contributed by atoms with Crippen molar-refractivity contribution in [3.8, 4) is 0 Å². The first-order valence-electron chi connectivity index (χ1n) is 7.57. The largest absolute Gasteiger partial charge is 0.349 e. The fourth-order valence-electron chi connectivity index (χ4n) is 2.44. The summed E-state index contributed by atoms with van der Waals surface area (Å²) in [5.41, 5.74) is 0.765.